The number of nitrogens with zero attached hydrogens (tertiary/aromatic N) is 1. The summed E-state index contributed by atoms with van der Waals surface area (Å²) in [7, 11) is -2.84. The monoisotopic (exact) mass is 633 g/mol. The van der Waals surface area contributed by atoms with Gasteiger partial charge < -0.3 is 14.8 Å². The van der Waals surface area contributed by atoms with Crippen molar-refractivity contribution in [1.82, 2.24) is 9.62 Å². The predicted octanol–water partition coefficient (Wildman–Crippen LogP) is 4.41. The first-order valence-corrected chi connectivity index (χ1v) is 15.8. The molecule has 5 rings (SSSR count). The number of para-hydroxylation sites is 1. The van der Waals surface area contributed by atoms with Crippen molar-refractivity contribution >= 4 is 57.1 Å². The fourth-order valence-electron chi connectivity index (χ4n) is 5.06. The number of fused-ring (bicyclic) bond motifs is 1. The Balaban J connectivity index is 1.27. The number of ether oxygens (including phenoxy) is 2. The zero-order valence-electron chi connectivity index (χ0n) is 23.8. The molecule has 1 heterocycles. The highest BCUT2D eigenvalue weighted by Crippen LogP contribution is 2.30. The second-order valence-electron chi connectivity index (χ2n) is 10.3. The van der Waals surface area contributed by atoms with Crippen LogP contribution in [-0.2, 0) is 30.8 Å². The van der Waals surface area contributed by atoms with E-state index in [4.69, 9.17) is 9.47 Å². The molecule has 0 radical (unpaired) electrons. The molecule has 1 fully saturated rings. The summed E-state index contributed by atoms with van der Waals surface area (Å²) in [5.74, 6) is -1.04. The van der Waals surface area contributed by atoms with E-state index in [0.29, 0.717) is 11.3 Å². The fourth-order valence-corrected chi connectivity index (χ4v) is 7.22. The number of amides is 2. The van der Waals surface area contributed by atoms with Gasteiger partial charge in [-0.1, -0.05) is 60.7 Å². The number of anilines is 1. The third kappa shape index (κ3) is 7.21. The molecule has 0 bridgehead atoms. The van der Waals surface area contributed by atoms with Crippen molar-refractivity contribution in [3.8, 4) is 5.75 Å². The molecule has 10 nitrogen and oxygen atoms in total. The molecular formula is C32H31N3O7S2. The Labute approximate surface area is 260 Å². The lowest BCUT2D eigenvalue weighted by atomic mass is 10.0. The maximum atomic E-state index is 13.7. The van der Waals surface area contributed by atoms with Crippen molar-refractivity contribution in [2.24, 2.45) is 0 Å². The summed E-state index contributed by atoms with van der Waals surface area (Å²) >= 11 is 4.48. The predicted molar refractivity (Wildman–Crippen MR) is 169 cm³/mol. The molecule has 1 aliphatic heterocycles. The van der Waals surface area contributed by atoms with Crippen LogP contribution in [0.25, 0.3) is 10.8 Å². The number of sulfonamides is 1. The molecule has 4 aromatic carbocycles. The van der Waals surface area contributed by atoms with E-state index < -0.39 is 40.1 Å². The van der Waals surface area contributed by atoms with Crippen LogP contribution < -0.4 is 15.4 Å². The van der Waals surface area contributed by atoms with E-state index in [1.165, 1.54) is 13.2 Å². The number of nitrogens with one attached hydrogen (secondary N) is 2. The van der Waals surface area contributed by atoms with Gasteiger partial charge in [-0.05, 0) is 59.2 Å². The van der Waals surface area contributed by atoms with E-state index in [2.05, 4.69) is 23.3 Å². The minimum Gasteiger partial charge on any atom is -0.467 e. The summed E-state index contributed by atoms with van der Waals surface area (Å²) in [4.78, 5) is 38.5. The summed E-state index contributed by atoms with van der Waals surface area (Å²) < 4.78 is 38.8. The molecule has 44 heavy (non-hydrogen) atoms. The number of rotatable bonds is 9. The number of esters is 1. The van der Waals surface area contributed by atoms with E-state index in [1.807, 2.05) is 30.3 Å². The van der Waals surface area contributed by atoms with Crippen LogP contribution in [0.2, 0.25) is 0 Å². The molecule has 12 heteroatoms. The van der Waals surface area contributed by atoms with Crippen molar-refractivity contribution < 1.29 is 32.3 Å². The third-order valence-electron chi connectivity index (χ3n) is 7.26. The van der Waals surface area contributed by atoms with Crippen molar-refractivity contribution in [3.63, 3.8) is 0 Å². The first kappa shape index (κ1) is 31.0. The summed E-state index contributed by atoms with van der Waals surface area (Å²) in [5.41, 5.74) is 1.23. The average molecular weight is 634 g/mol. The van der Waals surface area contributed by atoms with E-state index in [1.54, 1.807) is 60.7 Å². The van der Waals surface area contributed by atoms with E-state index >= 15 is 0 Å². The van der Waals surface area contributed by atoms with Crippen molar-refractivity contribution in [2.45, 2.75) is 35.1 Å². The zero-order valence-corrected chi connectivity index (χ0v) is 25.5. The van der Waals surface area contributed by atoms with Gasteiger partial charge in [0.15, 0.2) is 0 Å². The topological polar surface area (TPSA) is 131 Å². The fraction of sp³-hybridized carbons (Fsp3) is 0.219. The second kappa shape index (κ2) is 13.5. The van der Waals surface area contributed by atoms with Crippen LogP contribution in [-0.4, -0.2) is 61.7 Å². The molecule has 2 N–H and O–H groups in total. The van der Waals surface area contributed by atoms with Gasteiger partial charge >= 0.3 is 12.1 Å². The van der Waals surface area contributed by atoms with E-state index in [9.17, 15) is 22.8 Å². The Kier molecular flexibility index (Phi) is 9.52. The van der Waals surface area contributed by atoms with E-state index in [0.717, 1.165) is 15.1 Å². The normalized spacial score (nSPS) is 17.5. The quantitative estimate of drug-likeness (QED) is 0.184. The number of benzene rings is 4. The number of carbonyl (C=O) groups excluding carboxylic acids is 3. The average Bonchev–Trinajstić information content (AvgIpc) is 3.44. The van der Waals surface area contributed by atoms with Crippen molar-refractivity contribution in [3.05, 3.63) is 103 Å². The van der Waals surface area contributed by atoms with Gasteiger partial charge in [0, 0.05) is 23.9 Å². The number of methoxy groups -OCH3 is 1. The molecule has 1 saturated heterocycles. The van der Waals surface area contributed by atoms with Gasteiger partial charge in [-0.25, -0.2) is 18.0 Å². The largest absolute Gasteiger partial charge is 0.467 e. The Morgan fingerprint density at radius 1 is 0.932 bits per heavy atom. The Bertz CT molecular complexity index is 1770. The van der Waals surface area contributed by atoms with Crippen LogP contribution in [0.1, 0.15) is 12.0 Å². The van der Waals surface area contributed by atoms with Gasteiger partial charge in [0.05, 0.1) is 12.0 Å². The summed E-state index contributed by atoms with van der Waals surface area (Å²) in [5, 5.41) is 6.59. The molecule has 4 aromatic rings. The van der Waals surface area contributed by atoms with Crippen LogP contribution in [0.5, 0.6) is 5.75 Å². The molecule has 2 amide bonds. The summed E-state index contributed by atoms with van der Waals surface area (Å²) in [6.45, 7) is 0.0402. The molecular weight excluding hydrogens is 602 g/mol. The summed E-state index contributed by atoms with van der Waals surface area (Å²) in [6, 6.07) is 25.4. The minimum absolute atomic E-state index is 0.0402. The standard InChI is InChI=1S/C32H31N3O7S2/c1-41-31(37)28(17-21-11-14-25(15-12-21)42-32(38)33-24-9-3-2-4-10-24)34-30(36)29-19-26(43)20-35(29)44(39,40)27-16-13-22-7-5-6-8-23(22)18-27/h2-16,18,26,28-29,43H,17,19-20H2,1H3,(H,33,38)(H,34,36)/t26-,28-,29-/m0/s1. The second-order valence-corrected chi connectivity index (χ2v) is 12.9. The lowest BCUT2D eigenvalue weighted by Gasteiger charge is -2.25. The molecule has 0 aliphatic carbocycles. The molecule has 1 aliphatic rings. The minimum atomic E-state index is -4.05. The maximum absolute atomic E-state index is 13.7. The van der Waals surface area contributed by atoms with Gasteiger partial charge in [0.25, 0.3) is 0 Å². The Morgan fingerprint density at radius 2 is 1.61 bits per heavy atom. The Hall–Kier alpha value is -4.39. The maximum Gasteiger partial charge on any atom is 0.417 e. The molecule has 228 valence electrons. The van der Waals surface area contributed by atoms with Gasteiger partial charge in [-0.2, -0.15) is 16.9 Å². The highest BCUT2D eigenvalue weighted by molar-refractivity contribution is 7.89. The number of carbonyl (C=O) groups is 3. The van der Waals surface area contributed by atoms with Gasteiger partial charge in [0.1, 0.15) is 17.8 Å². The van der Waals surface area contributed by atoms with E-state index in [-0.39, 0.29) is 35.3 Å². The number of thiol groups is 1. The smallest absolute Gasteiger partial charge is 0.417 e. The van der Waals surface area contributed by atoms with Crippen molar-refractivity contribution in [2.75, 3.05) is 19.0 Å². The SMILES string of the molecule is COC(=O)[C@H](Cc1ccc(OC(=O)Nc2ccccc2)cc1)NC(=O)[C@@H]1C[C@H](S)CN1S(=O)(=O)c1ccc2ccccc2c1. The number of hydrogen-bond donors (Lipinski definition) is 3. The molecule has 3 atom stereocenters. The van der Waals surface area contributed by atoms with Gasteiger partial charge in [-0.3, -0.25) is 10.1 Å². The van der Waals surface area contributed by atoms with Crippen LogP contribution in [0.15, 0.2) is 102 Å². The molecule has 0 aromatic heterocycles. The Morgan fingerprint density at radius 3 is 2.32 bits per heavy atom. The van der Waals surface area contributed by atoms with Gasteiger partial charge in [0.2, 0.25) is 15.9 Å². The molecule has 0 spiro atoms. The first-order valence-electron chi connectivity index (χ1n) is 13.8. The van der Waals surface area contributed by atoms with Crippen LogP contribution in [0, 0.1) is 0 Å². The summed E-state index contributed by atoms with van der Waals surface area (Å²) in [6.07, 6.45) is -0.429. The lowest BCUT2D eigenvalue weighted by molar-refractivity contribution is -0.145. The molecule has 0 saturated carbocycles. The highest BCUT2D eigenvalue weighted by atomic mass is 32.2. The molecule has 0 unspecified atom stereocenters. The van der Waals surface area contributed by atoms with Crippen LogP contribution in [0.4, 0.5) is 10.5 Å². The number of hydrogen-bond acceptors (Lipinski definition) is 8. The van der Waals surface area contributed by atoms with Crippen LogP contribution >= 0.6 is 12.6 Å². The highest BCUT2D eigenvalue weighted by Gasteiger charge is 2.44. The lowest BCUT2D eigenvalue weighted by Crippen LogP contribution is -2.51. The first-order chi connectivity index (χ1) is 21.1. The zero-order chi connectivity index (χ0) is 31.3. The van der Waals surface area contributed by atoms with Crippen molar-refractivity contribution in [1.29, 1.82) is 0 Å². The van der Waals surface area contributed by atoms with Gasteiger partial charge in [-0.15, -0.1) is 0 Å². The third-order valence-corrected chi connectivity index (χ3v) is 9.50. The van der Waals surface area contributed by atoms with Crippen LogP contribution in [0.3, 0.4) is 0 Å².